The number of hydrogen-bond acceptors (Lipinski definition) is 6. The maximum Gasteiger partial charge on any atom is 0.266 e. The molecule has 2 aliphatic heterocycles. The number of nitrogens with zero attached hydrogens (tertiary/aromatic N) is 2. The van der Waals surface area contributed by atoms with Gasteiger partial charge in [0.15, 0.2) is 17.6 Å². The van der Waals surface area contributed by atoms with Gasteiger partial charge >= 0.3 is 0 Å². The minimum Gasteiger partial charge on any atom is -0.490 e. The number of imide groups is 1. The molecule has 3 aromatic carbocycles. The molecule has 0 bridgehead atoms. The number of aryl methyl sites for hydroxylation is 1. The van der Waals surface area contributed by atoms with E-state index in [9.17, 15) is 9.59 Å². The summed E-state index contributed by atoms with van der Waals surface area (Å²) in [6.45, 7) is 6.94. The molecule has 2 saturated heterocycles. The molecule has 3 aromatic rings. The van der Waals surface area contributed by atoms with Crippen molar-refractivity contribution in [3.8, 4) is 11.5 Å². The lowest BCUT2D eigenvalue weighted by Gasteiger charge is -2.29. The van der Waals surface area contributed by atoms with Crippen LogP contribution in [0.2, 0.25) is 0 Å². The van der Waals surface area contributed by atoms with E-state index in [-0.39, 0.29) is 11.8 Å². The number of para-hydroxylation sites is 1. The topological polar surface area (TPSA) is 68.3 Å². The van der Waals surface area contributed by atoms with Crippen LogP contribution in [0.5, 0.6) is 11.5 Å². The largest absolute Gasteiger partial charge is 0.490 e. The molecule has 7 heteroatoms. The van der Waals surface area contributed by atoms with Crippen LogP contribution in [0.25, 0.3) is 0 Å². The van der Waals surface area contributed by atoms with Gasteiger partial charge in [0.05, 0.1) is 30.6 Å². The molecule has 5 rings (SSSR count). The highest BCUT2D eigenvalue weighted by Crippen LogP contribution is 2.48. The van der Waals surface area contributed by atoms with E-state index in [0.29, 0.717) is 30.4 Å². The van der Waals surface area contributed by atoms with Crippen molar-refractivity contribution in [3.05, 3.63) is 83.9 Å². The smallest absolute Gasteiger partial charge is 0.266 e. The summed E-state index contributed by atoms with van der Waals surface area (Å²) in [4.78, 5) is 34.9. The third-order valence-corrected chi connectivity index (χ3v) is 6.46. The van der Waals surface area contributed by atoms with E-state index in [1.165, 1.54) is 4.90 Å². The molecular weight excluding hydrogens is 456 g/mol. The van der Waals surface area contributed by atoms with E-state index in [4.69, 9.17) is 14.3 Å². The van der Waals surface area contributed by atoms with Crippen molar-refractivity contribution < 1.29 is 23.9 Å². The zero-order valence-electron chi connectivity index (χ0n) is 20.7. The first-order valence-corrected chi connectivity index (χ1v) is 12.4. The molecule has 0 spiro atoms. The van der Waals surface area contributed by atoms with Crippen molar-refractivity contribution in [3.63, 3.8) is 0 Å². The fourth-order valence-corrected chi connectivity index (χ4v) is 4.88. The molecule has 2 aliphatic rings. The van der Waals surface area contributed by atoms with Crippen LogP contribution in [0, 0.1) is 12.8 Å². The summed E-state index contributed by atoms with van der Waals surface area (Å²) >= 11 is 0. The van der Waals surface area contributed by atoms with E-state index in [1.807, 2.05) is 87.5 Å². The van der Waals surface area contributed by atoms with Gasteiger partial charge < -0.3 is 9.47 Å². The molecule has 0 radical (unpaired) electrons. The predicted octanol–water partition coefficient (Wildman–Crippen LogP) is 5.23. The molecule has 0 aliphatic carbocycles. The second kappa shape index (κ2) is 10.0. The van der Waals surface area contributed by atoms with Crippen LogP contribution in [-0.4, -0.2) is 31.1 Å². The van der Waals surface area contributed by atoms with Crippen LogP contribution in [0.4, 0.5) is 11.4 Å². The van der Waals surface area contributed by atoms with Crippen LogP contribution in [0.1, 0.15) is 37.4 Å². The van der Waals surface area contributed by atoms with Crippen LogP contribution >= 0.6 is 0 Å². The number of anilines is 2. The SMILES string of the molecule is CCCOc1ccc([C@@H]2[C@H]3C(=O)N(c4cccc(C)c4)C(=O)[C@@H]3ON2c2ccccc2)cc1OCC. The Kier molecular flexibility index (Phi) is 6.65. The molecule has 0 saturated carbocycles. The summed E-state index contributed by atoms with van der Waals surface area (Å²) in [5.74, 6) is -0.0861. The van der Waals surface area contributed by atoms with Gasteiger partial charge in [0.25, 0.3) is 5.91 Å². The Bertz CT molecular complexity index is 1260. The zero-order valence-corrected chi connectivity index (χ0v) is 20.7. The number of benzene rings is 3. The number of ether oxygens (including phenoxy) is 2. The molecule has 0 aromatic heterocycles. The molecular formula is C29H30N2O5. The van der Waals surface area contributed by atoms with E-state index in [1.54, 1.807) is 11.1 Å². The number of amides is 2. The van der Waals surface area contributed by atoms with Gasteiger partial charge in [0.1, 0.15) is 5.92 Å². The lowest BCUT2D eigenvalue weighted by Crippen LogP contribution is -2.37. The highest BCUT2D eigenvalue weighted by Gasteiger charge is 2.60. The monoisotopic (exact) mass is 486 g/mol. The first kappa shape index (κ1) is 23.9. The van der Waals surface area contributed by atoms with Crippen molar-refractivity contribution in [2.24, 2.45) is 5.92 Å². The minimum absolute atomic E-state index is 0.275. The number of hydroxylamine groups is 1. The number of hydrogen-bond donors (Lipinski definition) is 0. The lowest BCUT2D eigenvalue weighted by molar-refractivity contribution is -0.126. The van der Waals surface area contributed by atoms with Crippen LogP contribution < -0.4 is 19.4 Å². The Labute approximate surface area is 211 Å². The fraction of sp³-hybridized carbons (Fsp3) is 0.310. The molecule has 186 valence electrons. The Balaban J connectivity index is 1.58. The van der Waals surface area contributed by atoms with Crippen LogP contribution in [0.3, 0.4) is 0 Å². The second-order valence-electron chi connectivity index (χ2n) is 9.00. The van der Waals surface area contributed by atoms with Gasteiger partial charge in [-0.1, -0.05) is 43.3 Å². The average molecular weight is 487 g/mol. The van der Waals surface area contributed by atoms with E-state index in [0.717, 1.165) is 23.2 Å². The van der Waals surface area contributed by atoms with Gasteiger partial charge in [-0.15, -0.1) is 0 Å². The van der Waals surface area contributed by atoms with E-state index < -0.39 is 18.1 Å². The number of carbonyl (C=O) groups is 2. The highest BCUT2D eigenvalue weighted by atomic mass is 16.7. The van der Waals surface area contributed by atoms with Crippen LogP contribution in [0.15, 0.2) is 72.8 Å². The maximum atomic E-state index is 13.8. The summed E-state index contributed by atoms with van der Waals surface area (Å²) in [5.41, 5.74) is 3.11. The number of fused-ring (bicyclic) bond motifs is 1. The second-order valence-corrected chi connectivity index (χ2v) is 9.00. The molecule has 0 N–H and O–H groups in total. The average Bonchev–Trinajstić information content (AvgIpc) is 3.39. The van der Waals surface area contributed by atoms with Gasteiger partial charge in [0, 0.05) is 0 Å². The third kappa shape index (κ3) is 4.20. The van der Waals surface area contributed by atoms with Crippen molar-refractivity contribution in [1.29, 1.82) is 0 Å². The molecule has 0 unspecified atom stereocenters. The number of carbonyl (C=O) groups excluding carboxylic acids is 2. The Hall–Kier alpha value is -3.84. The molecule has 2 amide bonds. The Morgan fingerprint density at radius 1 is 0.833 bits per heavy atom. The van der Waals surface area contributed by atoms with Crippen molar-refractivity contribution in [2.45, 2.75) is 39.3 Å². The van der Waals surface area contributed by atoms with Crippen LogP contribution in [-0.2, 0) is 14.4 Å². The summed E-state index contributed by atoms with van der Waals surface area (Å²) in [7, 11) is 0. The van der Waals surface area contributed by atoms with Gasteiger partial charge in [0.2, 0.25) is 5.91 Å². The van der Waals surface area contributed by atoms with E-state index >= 15 is 0 Å². The Morgan fingerprint density at radius 3 is 2.33 bits per heavy atom. The maximum absolute atomic E-state index is 13.8. The summed E-state index contributed by atoms with van der Waals surface area (Å²) in [5, 5.41) is 1.69. The summed E-state index contributed by atoms with van der Waals surface area (Å²) in [6, 6.07) is 22.1. The van der Waals surface area contributed by atoms with Crippen molar-refractivity contribution >= 4 is 23.2 Å². The number of rotatable bonds is 8. The summed E-state index contributed by atoms with van der Waals surface area (Å²) in [6.07, 6.45) is -0.0458. The van der Waals surface area contributed by atoms with Crippen molar-refractivity contribution in [1.82, 2.24) is 0 Å². The van der Waals surface area contributed by atoms with Gasteiger partial charge in [-0.2, -0.15) is 0 Å². The standard InChI is InChI=1S/C29H30N2O5/c1-4-16-35-23-15-14-20(18-24(23)34-5-2)26-25-27(36-31(26)21-11-7-6-8-12-21)29(33)30(28(25)32)22-13-9-10-19(3)17-22/h6-15,17-18,25-27H,4-5,16H2,1-3H3/t25-,26-,27-/m1/s1. The highest BCUT2D eigenvalue weighted by molar-refractivity contribution is 6.24. The molecule has 2 heterocycles. The zero-order chi connectivity index (χ0) is 25.2. The Morgan fingerprint density at radius 2 is 1.61 bits per heavy atom. The van der Waals surface area contributed by atoms with Gasteiger partial charge in [-0.3, -0.25) is 14.4 Å². The quantitative estimate of drug-likeness (QED) is 0.406. The first-order valence-electron chi connectivity index (χ1n) is 12.4. The van der Waals surface area contributed by atoms with Gasteiger partial charge in [-0.25, -0.2) is 9.96 Å². The summed E-state index contributed by atoms with van der Waals surface area (Å²) < 4.78 is 11.8. The molecule has 7 nitrogen and oxygen atoms in total. The predicted molar refractivity (Wildman–Crippen MR) is 137 cm³/mol. The molecule has 3 atom stereocenters. The lowest BCUT2D eigenvalue weighted by atomic mass is 9.90. The molecule has 2 fully saturated rings. The third-order valence-electron chi connectivity index (χ3n) is 6.46. The first-order chi connectivity index (χ1) is 17.5. The normalized spacial score (nSPS) is 21.1. The molecule has 36 heavy (non-hydrogen) atoms. The fourth-order valence-electron chi connectivity index (χ4n) is 4.88. The van der Waals surface area contributed by atoms with Crippen molar-refractivity contribution in [2.75, 3.05) is 23.2 Å². The minimum atomic E-state index is -0.922. The van der Waals surface area contributed by atoms with E-state index in [2.05, 4.69) is 0 Å². The van der Waals surface area contributed by atoms with Gasteiger partial charge in [-0.05, 0) is 67.8 Å².